The lowest BCUT2D eigenvalue weighted by Crippen LogP contribution is -2.45. The number of likely N-dealkylation sites (tertiary alicyclic amines) is 1. The number of rotatable bonds is 2. The zero-order valence-corrected chi connectivity index (χ0v) is 12.1. The minimum absolute atomic E-state index is 0.0331. The maximum Gasteiger partial charge on any atom is 0.228 e. The van der Waals surface area contributed by atoms with Crippen LogP contribution >= 0.6 is 15.9 Å². The molecule has 2 heterocycles. The van der Waals surface area contributed by atoms with E-state index in [1.54, 1.807) is 4.90 Å². The Kier molecular flexibility index (Phi) is 3.31. The molecule has 3 rings (SSSR count). The van der Waals surface area contributed by atoms with E-state index in [1.807, 2.05) is 29.2 Å². The van der Waals surface area contributed by atoms with Crippen molar-refractivity contribution in [3.8, 4) is 0 Å². The summed E-state index contributed by atoms with van der Waals surface area (Å²) in [4.78, 5) is 27.8. The number of hydrogen-bond acceptors (Lipinski definition) is 2. The Balaban J connectivity index is 1.77. The zero-order valence-electron chi connectivity index (χ0n) is 10.5. The molecule has 0 bridgehead atoms. The molecule has 0 unspecified atom stereocenters. The fraction of sp³-hybridized carbons (Fsp3) is 0.429. The highest BCUT2D eigenvalue weighted by atomic mass is 79.9. The first-order valence-electron chi connectivity index (χ1n) is 6.50. The summed E-state index contributed by atoms with van der Waals surface area (Å²) in [6.07, 6.45) is 1.41. The Morgan fingerprint density at radius 3 is 2.63 bits per heavy atom. The average molecular weight is 323 g/mol. The Morgan fingerprint density at radius 2 is 2.00 bits per heavy atom. The number of carbonyl (C=O) groups excluding carboxylic acids is 2. The summed E-state index contributed by atoms with van der Waals surface area (Å²) in [7, 11) is 0. The van der Waals surface area contributed by atoms with E-state index in [0.29, 0.717) is 13.0 Å². The van der Waals surface area contributed by atoms with Crippen LogP contribution in [-0.4, -0.2) is 36.3 Å². The Hall–Kier alpha value is -1.36. The topological polar surface area (TPSA) is 40.6 Å². The second-order valence-corrected chi connectivity index (χ2v) is 5.89. The molecule has 0 saturated carbocycles. The molecule has 2 fully saturated rings. The fourth-order valence-electron chi connectivity index (χ4n) is 2.57. The average Bonchev–Trinajstić information content (AvgIpc) is 2.70. The number of para-hydroxylation sites is 1. The van der Waals surface area contributed by atoms with E-state index in [4.69, 9.17) is 0 Å². The van der Waals surface area contributed by atoms with E-state index in [-0.39, 0.29) is 17.7 Å². The highest BCUT2D eigenvalue weighted by Crippen LogP contribution is 2.32. The van der Waals surface area contributed by atoms with Crippen molar-refractivity contribution in [1.29, 1.82) is 0 Å². The second kappa shape index (κ2) is 4.96. The minimum atomic E-state index is -0.181. The highest BCUT2D eigenvalue weighted by Gasteiger charge is 2.38. The van der Waals surface area contributed by atoms with Gasteiger partial charge in [0.1, 0.15) is 0 Å². The lowest BCUT2D eigenvalue weighted by molar-refractivity contribution is -0.139. The van der Waals surface area contributed by atoms with E-state index in [0.717, 1.165) is 29.7 Å². The molecular weight excluding hydrogens is 308 g/mol. The molecule has 1 aromatic carbocycles. The summed E-state index contributed by atoms with van der Waals surface area (Å²) in [6.45, 7) is 2.19. The SMILES string of the molecule is O=C([C@@H]1CC(=O)N(c2ccccc2Br)C1)N1CCC1. The van der Waals surface area contributed by atoms with Crippen LogP contribution in [0.4, 0.5) is 5.69 Å². The van der Waals surface area contributed by atoms with E-state index in [9.17, 15) is 9.59 Å². The van der Waals surface area contributed by atoms with E-state index in [2.05, 4.69) is 15.9 Å². The standard InChI is InChI=1S/C14H15BrN2O2/c15-11-4-1-2-5-12(11)17-9-10(8-13(17)18)14(19)16-6-3-7-16/h1-2,4-5,10H,3,6-9H2/t10-/m1/s1. The van der Waals surface area contributed by atoms with Crippen molar-refractivity contribution in [3.63, 3.8) is 0 Å². The van der Waals surface area contributed by atoms with Crippen molar-refractivity contribution in [1.82, 2.24) is 4.90 Å². The van der Waals surface area contributed by atoms with Crippen LogP contribution < -0.4 is 4.90 Å². The first-order valence-corrected chi connectivity index (χ1v) is 7.30. The van der Waals surface area contributed by atoms with Crippen LogP contribution in [0.1, 0.15) is 12.8 Å². The molecule has 5 heteroatoms. The summed E-state index contributed by atoms with van der Waals surface area (Å²) in [5, 5.41) is 0. The highest BCUT2D eigenvalue weighted by molar-refractivity contribution is 9.10. The van der Waals surface area contributed by atoms with Gasteiger partial charge in [0.2, 0.25) is 11.8 Å². The van der Waals surface area contributed by atoms with Gasteiger partial charge >= 0.3 is 0 Å². The fourth-order valence-corrected chi connectivity index (χ4v) is 3.07. The molecule has 2 amide bonds. The molecule has 2 aliphatic rings. The minimum Gasteiger partial charge on any atom is -0.342 e. The molecule has 1 aromatic rings. The molecule has 4 nitrogen and oxygen atoms in total. The number of benzene rings is 1. The molecule has 19 heavy (non-hydrogen) atoms. The van der Waals surface area contributed by atoms with Crippen molar-refractivity contribution in [2.24, 2.45) is 5.92 Å². The Morgan fingerprint density at radius 1 is 1.26 bits per heavy atom. The largest absolute Gasteiger partial charge is 0.342 e. The summed E-state index contributed by atoms with van der Waals surface area (Å²) in [5.74, 6) is -0.0140. The maximum absolute atomic E-state index is 12.2. The van der Waals surface area contributed by atoms with Gasteiger partial charge in [0, 0.05) is 30.5 Å². The van der Waals surface area contributed by atoms with E-state index < -0.39 is 0 Å². The summed E-state index contributed by atoms with van der Waals surface area (Å²) in [5.41, 5.74) is 0.853. The number of amides is 2. The number of carbonyl (C=O) groups is 2. The van der Waals surface area contributed by atoms with Crippen LogP contribution in [0.3, 0.4) is 0 Å². The molecule has 0 radical (unpaired) electrons. The van der Waals surface area contributed by atoms with Gasteiger partial charge in [0.05, 0.1) is 11.6 Å². The summed E-state index contributed by atoms with van der Waals surface area (Å²) < 4.78 is 0.889. The molecule has 0 N–H and O–H groups in total. The van der Waals surface area contributed by atoms with Gasteiger partial charge in [-0.3, -0.25) is 9.59 Å². The van der Waals surface area contributed by atoms with Crippen molar-refractivity contribution in [2.75, 3.05) is 24.5 Å². The van der Waals surface area contributed by atoms with Crippen molar-refractivity contribution >= 4 is 33.4 Å². The lowest BCUT2D eigenvalue weighted by atomic mass is 10.0. The van der Waals surface area contributed by atoms with Gasteiger partial charge in [0.15, 0.2) is 0 Å². The molecule has 0 aliphatic carbocycles. The third kappa shape index (κ3) is 2.27. The van der Waals surface area contributed by atoms with Gasteiger partial charge in [-0.2, -0.15) is 0 Å². The third-order valence-electron chi connectivity index (χ3n) is 3.79. The molecule has 2 aliphatic heterocycles. The van der Waals surface area contributed by atoms with Crippen LogP contribution in [-0.2, 0) is 9.59 Å². The lowest BCUT2D eigenvalue weighted by Gasteiger charge is -2.33. The quantitative estimate of drug-likeness (QED) is 0.836. The van der Waals surface area contributed by atoms with Gasteiger partial charge in [-0.1, -0.05) is 12.1 Å². The first-order chi connectivity index (χ1) is 9.16. The van der Waals surface area contributed by atoms with Crippen molar-refractivity contribution < 1.29 is 9.59 Å². The Labute approximate surface area is 120 Å². The number of hydrogen-bond donors (Lipinski definition) is 0. The van der Waals surface area contributed by atoms with Crippen LogP contribution in [0.2, 0.25) is 0 Å². The first kappa shape index (κ1) is 12.7. The predicted molar refractivity (Wildman–Crippen MR) is 75.8 cm³/mol. The molecule has 1 atom stereocenters. The number of anilines is 1. The molecular formula is C14H15BrN2O2. The van der Waals surface area contributed by atoms with Crippen molar-refractivity contribution in [2.45, 2.75) is 12.8 Å². The number of halogens is 1. The maximum atomic E-state index is 12.2. The van der Waals surface area contributed by atoms with Crippen LogP contribution in [0.15, 0.2) is 28.7 Å². The Bertz CT molecular complexity index is 528. The normalized spacial score (nSPS) is 22.6. The zero-order chi connectivity index (χ0) is 13.4. The second-order valence-electron chi connectivity index (χ2n) is 5.04. The van der Waals surface area contributed by atoms with Crippen LogP contribution in [0.25, 0.3) is 0 Å². The summed E-state index contributed by atoms with van der Waals surface area (Å²) in [6, 6.07) is 7.63. The molecule has 0 aromatic heterocycles. The van der Waals surface area contributed by atoms with Gasteiger partial charge in [-0.15, -0.1) is 0 Å². The summed E-state index contributed by atoms with van der Waals surface area (Å²) >= 11 is 3.46. The van der Waals surface area contributed by atoms with Crippen LogP contribution in [0.5, 0.6) is 0 Å². The van der Waals surface area contributed by atoms with Gasteiger partial charge in [-0.25, -0.2) is 0 Å². The van der Waals surface area contributed by atoms with E-state index in [1.165, 1.54) is 0 Å². The molecule has 100 valence electrons. The monoisotopic (exact) mass is 322 g/mol. The van der Waals surface area contributed by atoms with Gasteiger partial charge < -0.3 is 9.80 Å². The van der Waals surface area contributed by atoms with Gasteiger partial charge in [0.25, 0.3) is 0 Å². The van der Waals surface area contributed by atoms with Crippen LogP contribution in [0, 0.1) is 5.92 Å². The van der Waals surface area contributed by atoms with Gasteiger partial charge in [-0.05, 0) is 34.5 Å². The molecule has 0 spiro atoms. The van der Waals surface area contributed by atoms with Crippen molar-refractivity contribution in [3.05, 3.63) is 28.7 Å². The smallest absolute Gasteiger partial charge is 0.228 e. The predicted octanol–water partition coefficient (Wildman–Crippen LogP) is 2.03. The third-order valence-corrected chi connectivity index (χ3v) is 4.46. The van der Waals surface area contributed by atoms with E-state index >= 15 is 0 Å². The number of nitrogens with zero attached hydrogens (tertiary/aromatic N) is 2. The molecule has 2 saturated heterocycles.